The molecule has 0 aliphatic carbocycles. The number of thioether (sulfide) groups is 1. The zero-order valence-corrected chi connectivity index (χ0v) is 16.3. The summed E-state index contributed by atoms with van der Waals surface area (Å²) in [4.78, 5) is 16.0. The minimum atomic E-state index is -0.354. The van der Waals surface area contributed by atoms with E-state index in [2.05, 4.69) is 15.2 Å². The number of nitrogens with one attached hydrogen (secondary N) is 1. The molecule has 28 heavy (non-hydrogen) atoms. The first kappa shape index (κ1) is 18.3. The Bertz CT molecular complexity index is 1100. The fourth-order valence-electron chi connectivity index (χ4n) is 2.93. The Labute approximate surface area is 166 Å². The van der Waals surface area contributed by atoms with Gasteiger partial charge in [-0.05, 0) is 44.2 Å². The molecule has 0 saturated carbocycles. The van der Waals surface area contributed by atoms with Crippen LogP contribution in [-0.4, -0.2) is 32.8 Å². The topological polar surface area (TPSA) is 81.0 Å². The summed E-state index contributed by atoms with van der Waals surface area (Å²) in [5, 5.41) is 9.09. The summed E-state index contributed by atoms with van der Waals surface area (Å²) in [6, 6.07) is 15.2. The number of ether oxygens (including phenoxy) is 1. The molecule has 142 valence electrons. The van der Waals surface area contributed by atoms with Gasteiger partial charge in [0.25, 0.3) is 5.22 Å². The smallest absolute Gasteiger partial charge is 0.277 e. The van der Waals surface area contributed by atoms with Crippen molar-refractivity contribution in [3.05, 3.63) is 60.3 Å². The molecule has 0 fully saturated rings. The van der Waals surface area contributed by atoms with Crippen LogP contribution in [0.2, 0.25) is 0 Å². The maximum atomic E-state index is 12.9. The van der Waals surface area contributed by atoms with Crippen molar-refractivity contribution < 1.29 is 13.9 Å². The third-order valence-corrected chi connectivity index (χ3v) is 5.25. The quantitative estimate of drug-likeness (QED) is 0.352. The minimum absolute atomic E-state index is 0.0169. The molecule has 0 radical (unpaired) electrons. The number of para-hydroxylation sites is 1. The van der Waals surface area contributed by atoms with E-state index in [9.17, 15) is 4.79 Å². The van der Waals surface area contributed by atoms with Crippen LogP contribution < -0.4 is 4.74 Å². The van der Waals surface area contributed by atoms with Crippen molar-refractivity contribution >= 4 is 28.4 Å². The lowest BCUT2D eigenvalue weighted by atomic mass is 10.1. The molecule has 0 aliphatic rings. The normalized spacial score (nSPS) is 12.2. The predicted octanol–water partition coefficient (Wildman–Crippen LogP) is 4.98. The number of fused-ring (bicyclic) bond motifs is 1. The summed E-state index contributed by atoms with van der Waals surface area (Å²) in [5.74, 6) is 1.22. The summed E-state index contributed by atoms with van der Waals surface area (Å²) >= 11 is 1.26. The highest BCUT2D eigenvalue weighted by molar-refractivity contribution is 8.00. The van der Waals surface area contributed by atoms with Crippen LogP contribution >= 0.6 is 11.8 Å². The van der Waals surface area contributed by atoms with Gasteiger partial charge in [0.05, 0.1) is 11.9 Å². The number of aromatic nitrogens is 3. The first-order valence-corrected chi connectivity index (χ1v) is 9.87. The van der Waals surface area contributed by atoms with Gasteiger partial charge in [0.15, 0.2) is 5.78 Å². The van der Waals surface area contributed by atoms with E-state index in [1.165, 1.54) is 11.8 Å². The molecule has 4 aromatic rings. The van der Waals surface area contributed by atoms with Gasteiger partial charge in [0.2, 0.25) is 5.89 Å². The number of benzene rings is 2. The molecule has 0 saturated heterocycles. The second kappa shape index (κ2) is 7.90. The number of hydrogen-bond donors (Lipinski definition) is 1. The lowest BCUT2D eigenvalue weighted by Crippen LogP contribution is -2.13. The Hall–Kier alpha value is -3.06. The standard InChI is InChI=1S/C21H19N3O3S/c1-3-26-15-10-8-14(9-11-15)20-23-24-21(27-20)28-13(2)19(25)17-12-22-18-7-5-4-6-16(17)18/h4-13,22H,3H2,1-2H3. The number of rotatable bonds is 7. The van der Waals surface area contributed by atoms with E-state index in [1.807, 2.05) is 62.4 Å². The molecule has 2 aromatic heterocycles. The summed E-state index contributed by atoms with van der Waals surface area (Å²) in [6.07, 6.45) is 1.75. The van der Waals surface area contributed by atoms with Crippen molar-refractivity contribution in [3.8, 4) is 17.2 Å². The first-order valence-electron chi connectivity index (χ1n) is 8.99. The van der Waals surface area contributed by atoms with Crippen molar-refractivity contribution in [2.45, 2.75) is 24.3 Å². The number of nitrogens with zero attached hydrogens (tertiary/aromatic N) is 2. The summed E-state index contributed by atoms with van der Waals surface area (Å²) in [7, 11) is 0. The van der Waals surface area contributed by atoms with Crippen molar-refractivity contribution in [1.82, 2.24) is 15.2 Å². The Morgan fingerprint density at radius 1 is 1.18 bits per heavy atom. The Balaban J connectivity index is 1.48. The summed E-state index contributed by atoms with van der Waals surface area (Å²) in [6.45, 7) is 4.40. The van der Waals surface area contributed by atoms with Gasteiger partial charge >= 0.3 is 0 Å². The van der Waals surface area contributed by atoms with Crippen molar-refractivity contribution in [2.75, 3.05) is 6.61 Å². The van der Waals surface area contributed by atoms with Crippen LogP contribution in [0.1, 0.15) is 24.2 Å². The van der Waals surface area contributed by atoms with Gasteiger partial charge in [0, 0.05) is 28.2 Å². The molecule has 1 unspecified atom stereocenters. The number of hydrogen-bond acceptors (Lipinski definition) is 6. The number of ketones is 1. The molecular weight excluding hydrogens is 374 g/mol. The maximum Gasteiger partial charge on any atom is 0.277 e. The lowest BCUT2D eigenvalue weighted by molar-refractivity contribution is 0.0995. The molecular formula is C21H19N3O3S. The molecule has 6 nitrogen and oxygen atoms in total. The van der Waals surface area contributed by atoms with Gasteiger partial charge < -0.3 is 14.1 Å². The van der Waals surface area contributed by atoms with Crippen LogP contribution in [-0.2, 0) is 0 Å². The second-order valence-electron chi connectivity index (χ2n) is 6.20. The van der Waals surface area contributed by atoms with Crippen LogP contribution in [0.3, 0.4) is 0 Å². The molecule has 0 bridgehead atoms. The molecule has 2 aromatic carbocycles. The van der Waals surface area contributed by atoms with Gasteiger partial charge in [-0.1, -0.05) is 30.0 Å². The van der Waals surface area contributed by atoms with Crippen LogP contribution in [0, 0.1) is 0 Å². The SMILES string of the molecule is CCOc1ccc(-c2nnc(SC(C)C(=O)c3c[nH]c4ccccc34)o2)cc1. The fourth-order valence-corrected chi connectivity index (χ4v) is 3.69. The van der Waals surface area contributed by atoms with Gasteiger partial charge in [-0.3, -0.25) is 4.79 Å². The lowest BCUT2D eigenvalue weighted by Gasteiger charge is -2.06. The molecule has 1 atom stereocenters. The van der Waals surface area contributed by atoms with Gasteiger partial charge in [-0.25, -0.2) is 0 Å². The first-order chi connectivity index (χ1) is 13.7. The molecule has 4 rings (SSSR count). The van der Waals surface area contributed by atoms with Crippen molar-refractivity contribution in [1.29, 1.82) is 0 Å². The van der Waals surface area contributed by atoms with Crippen LogP contribution in [0.25, 0.3) is 22.4 Å². The number of aromatic amines is 1. The Morgan fingerprint density at radius 2 is 1.96 bits per heavy atom. The van der Waals surface area contributed by atoms with Crippen LogP contribution in [0.4, 0.5) is 0 Å². The number of H-pyrrole nitrogens is 1. The van der Waals surface area contributed by atoms with Gasteiger partial charge in [-0.15, -0.1) is 10.2 Å². The summed E-state index contributed by atoms with van der Waals surface area (Å²) < 4.78 is 11.2. The second-order valence-corrected chi connectivity index (χ2v) is 7.49. The number of Topliss-reactive ketones (excluding diaryl/α,β-unsaturated/α-hetero) is 1. The zero-order valence-electron chi connectivity index (χ0n) is 15.5. The average molecular weight is 393 g/mol. The molecule has 0 spiro atoms. The predicted molar refractivity (Wildman–Crippen MR) is 109 cm³/mol. The largest absolute Gasteiger partial charge is 0.494 e. The highest BCUT2D eigenvalue weighted by Crippen LogP contribution is 2.30. The van der Waals surface area contributed by atoms with E-state index < -0.39 is 0 Å². The van der Waals surface area contributed by atoms with E-state index in [4.69, 9.17) is 9.15 Å². The third-order valence-electron chi connectivity index (χ3n) is 4.32. The maximum absolute atomic E-state index is 12.9. The fraction of sp³-hybridized carbons (Fsp3) is 0.190. The Morgan fingerprint density at radius 3 is 2.75 bits per heavy atom. The Kier molecular flexibility index (Phi) is 5.16. The van der Waals surface area contributed by atoms with Gasteiger partial charge in [0.1, 0.15) is 5.75 Å². The molecule has 2 heterocycles. The molecule has 0 amide bonds. The molecule has 1 N–H and O–H groups in total. The van der Waals surface area contributed by atoms with E-state index in [0.717, 1.165) is 22.2 Å². The van der Waals surface area contributed by atoms with Gasteiger partial charge in [-0.2, -0.15) is 0 Å². The minimum Gasteiger partial charge on any atom is -0.494 e. The average Bonchev–Trinajstić information content (AvgIpc) is 3.35. The molecule has 0 aliphatic heterocycles. The van der Waals surface area contributed by atoms with E-state index in [-0.39, 0.29) is 11.0 Å². The molecule has 7 heteroatoms. The highest BCUT2D eigenvalue weighted by Gasteiger charge is 2.22. The van der Waals surface area contributed by atoms with E-state index >= 15 is 0 Å². The van der Waals surface area contributed by atoms with Crippen molar-refractivity contribution in [2.24, 2.45) is 0 Å². The van der Waals surface area contributed by atoms with E-state index in [1.54, 1.807) is 6.20 Å². The third kappa shape index (κ3) is 3.66. The van der Waals surface area contributed by atoms with Crippen LogP contribution in [0.15, 0.2) is 64.4 Å². The highest BCUT2D eigenvalue weighted by atomic mass is 32.2. The van der Waals surface area contributed by atoms with Crippen molar-refractivity contribution in [3.63, 3.8) is 0 Å². The van der Waals surface area contributed by atoms with Crippen LogP contribution in [0.5, 0.6) is 5.75 Å². The number of carbonyl (C=O) groups excluding carboxylic acids is 1. The summed E-state index contributed by atoms with van der Waals surface area (Å²) in [5.41, 5.74) is 2.42. The zero-order chi connectivity index (χ0) is 19.5. The van der Waals surface area contributed by atoms with E-state index in [0.29, 0.717) is 23.3 Å². The number of carbonyl (C=O) groups is 1. The monoisotopic (exact) mass is 393 g/mol.